The Morgan fingerprint density at radius 3 is 2.07 bits per heavy atom. The smallest absolute Gasteiger partial charge is 0.154 e. The summed E-state index contributed by atoms with van der Waals surface area (Å²) in [5.74, 6) is 0.106. The zero-order valence-electron chi connectivity index (χ0n) is 8.57. The second-order valence-electron chi connectivity index (χ2n) is 2.64. The lowest BCUT2D eigenvalue weighted by Crippen LogP contribution is -1.83. The van der Waals surface area contributed by atoms with Gasteiger partial charge < -0.3 is 0 Å². The maximum absolute atomic E-state index is 10.1. The van der Waals surface area contributed by atoms with Crippen LogP contribution in [0.2, 0.25) is 0 Å². The highest BCUT2D eigenvalue weighted by atomic mass is 16.1. The highest BCUT2D eigenvalue weighted by molar-refractivity contribution is 5.88. The van der Waals surface area contributed by atoms with Crippen LogP contribution in [0, 0.1) is 0 Å². The molecule has 0 unspecified atom stereocenters. The van der Waals surface area contributed by atoms with Gasteiger partial charge in [-0.1, -0.05) is 56.5 Å². The second-order valence-corrected chi connectivity index (χ2v) is 2.64. The Morgan fingerprint density at radius 1 is 1.29 bits per heavy atom. The van der Waals surface area contributed by atoms with Crippen LogP contribution in [0.1, 0.15) is 18.9 Å². The van der Waals surface area contributed by atoms with Gasteiger partial charge in [-0.15, -0.1) is 0 Å². The topological polar surface area (TPSA) is 17.1 Å². The predicted molar refractivity (Wildman–Crippen MR) is 62.0 cm³/mol. The fourth-order valence-electron chi connectivity index (χ4n) is 0.733. The largest absolute Gasteiger partial charge is 0.295 e. The van der Waals surface area contributed by atoms with E-state index in [9.17, 15) is 4.79 Å². The Morgan fingerprint density at radius 2 is 1.86 bits per heavy atom. The Kier molecular flexibility index (Phi) is 7.06. The number of rotatable bonds is 3. The van der Waals surface area contributed by atoms with Crippen LogP contribution < -0.4 is 0 Å². The molecule has 0 radical (unpaired) electrons. The molecule has 1 aromatic rings. The monoisotopic (exact) mass is 188 g/mol. The Labute approximate surface area is 85.8 Å². The van der Waals surface area contributed by atoms with E-state index in [1.54, 1.807) is 0 Å². The standard InChI is InChI=1S/C8H8.C5H8O/c1-2-8-6-4-3-5-7-8;1-3-5(6)4-2/h2-7H,1H2;3H,1,4H2,2H3. The molecule has 0 aliphatic rings. The molecule has 0 fully saturated rings. The number of hydrogen-bond acceptors (Lipinski definition) is 1. The van der Waals surface area contributed by atoms with E-state index < -0.39 is 0 Å². The van der Waals surface area contributed by atoms with Crippen molar-refractivity contribution in [1.29, 1.82) is 0 Å². The molecule has 0 N–H and O–H groups in total. The van der Waals surface area contributed by atoms with E-state index in [2.05, 4.69) is 13.2 Å². The number of allylic oxidation sites excluding steroid dienone is 1. The summed E-state index contributed by atoms with van der Waals surface area (Å²) in [7, 11) is 0. The summed E-state index contributed by atoms with van der Waals surface area (Å²) in [5.41, 5.74) is 1.17. The molecular weight excluding hydrogens is 172 g/mol. The summed E-state index contributed by atoms with van der Waals surface area (Å²) < 4.78 is 0. The number of carbonyl (C=O) groups is 1. The van der Waals surface area contributed by atoms with Crippen molar-refractivity contribution in [3.05, 3.63) is 55.1 Å². The first-order chi connectivity index (χ1) is 6.74. The minimum atomic E-state index is 0.106. The van der Waals surface area contributed by atoms with Crippen molar-refractivity contribution in [2.24, 2.45) is 0 Å². The molecule has 1 nitrogen and oxygen atoms in total. The molecule has 0 aliphatic heterocycles. The lowest BCUT2D eigenvalue weighted by molar-refractivity contribution is -0.114. The zero-order valence-corrected chi connectivity index (χ0v) is 8.57. The third kappa shape index (κ3) is 5.95. The second kappa shape index (κ2) is 7.99. The Hall–Kier alpha value is -1.63. The van der Waals surface area contributed by atoms with Gasteiger partial charge in [0.25, 0.3) is 0 Å². The molecule has 0 heterocycles. The van der Waals surface area contributed by atoms with Crippen LogP contribution in [0.25, 0.3) is 6.08 Å². The summed E-state index contributed by atoms with van der Waals surface area (Å²) >= 11 is 0. The van der Waals surface area contributed by atoms with Crippen LogP contribution in [0.15, 0.2) is 49.6 Å². The summed E-state index contributed by atoms with van der Waals surface area (Å²) in [5, 5.41) is 0. The molecule has 1 aromatic carbocycles. The quantitative estimate of drug-likeness (QED) is 0.664. The average molecular weight is 188 g/mol. The molecule has 0 amide bonds. The SMILES string of the molecule is C=CC(=O)CC.C=Cc1ccccc1. The molecule has 14 heavy (non-hydrogen) atoms. The molecule has 0 atom stereocenters. The van der Waals surface area contributed by atoms with Gasteiger partial charge >= 0.3 is 0 Å². The minimum absolute atomic E-state index is 0.106. The summed E-state index contributed by atoms with van der Waals surface area (Å²) in [6.07, 6.45) is 3.74. The first-order valence-corrected chi connectivity index (χ1v) is 4.57. The first kappa shape index (κ1) is 12.4. The molecule has 74 valence electrons. The van der Waals surface area contributed by atoms with Crippen molar-refractivity contribution < 1.29 is 4.79 Å². The van der Waals surface area contributed by atoms with Crippen molar-refractivity contribution >= 4 is 11.9 Å². The number of benzene rings is 1. The Balaban J connectivity index is 0.000000255. The summed E-state index contributed by atoms with van der Waals surface area (Å²) in [4.78, 5) is 10.1. The fraction of sp³-hybridized carbons (Fsp3) is 0.154. The van der Waals surface area contributed by atoms with Gasteiger partial charge in [0.05, 0.1) is 0 Å². The van der Waals surface area contributed by atoms with E-state index in [0.29, 0.717) is 6.42 Å². The van der Waals surface area contributed by atoms with Gasteiger partial charge in [-0.3, -0.25) is 4.79 Å². The third-order valence-corrected chi connectivity index (χ3v) is 1.61. The van der Waals surface area contributed by atoms with Gasteiger partial charge in [-0.2, -0.15) is 0 Å². The van der Waals surface area contributed by atoms with Gasteiger partial charge in [-0.05, 0) is 11.6 Å². The molecule has 0 aromatic heterocycles. The van der Waals surface area contributed by atoms with Crippen LogP contribution in [-0.4, -0.2) is 5.78 Å². The maximum Gasteiger partial charge on any atom is 0.154 e. The van der Waals surface area contributed by atoms with Crippen LogP contribution in [-0.2, 0) is 4.79 Å². The lowest BCUT2D eigenvalue weighted by atomic mass is 10.2. The number of ketones is 1. The van der Waals surface area contributed by atoms with Gasteiger partial charge in [0.2, 0.25) is 0 Å². The van der Waals surface area contributed by atoms with Crippen molar-refractivity contribution in [3.8, 4) is 0 Å². The summed E-state index contributed by atoms with van der Waals surface area (Å²) in [6.45, 7) is 8.72. The molecular formula is C13H16O. The predicted octanol–water partition coefficient (Wildman–Crippen LogP) is 3.48. The van der Waals surface area contributed by atoms with E-state index in [0.717, 1.165) is 0 Å². The van der Waals surface area contributed by atoms with Crippen molar-refractivity contribution in [3.63, 3.8) is 0 Å². The van der Waals surface area contributed by atoms with Crippen molar-refractivity contribution in [2.45, 2.75) is 13.3 Å². The Bertz CT molecular complexity index is 285. The van der Waals surface area contributed by atoms with Crippen LogP contribution in [0.3, 0.4) is 0 Å². The van der Waals surface area contributed by atoms with E-state index >= 15 is 0 Å². The van der Waals surface area contributed by atoms with Gasteiger partial charge in [-0.25, -0.2) is 0 Å². The molecule has 0 bridgehead atoms. The number of hydrogen-bond donors (Lipinski definition) is 0. The molecule has 0 aliphatic carbocycles. The summed E-state index contributed by atoms with van der Waals surface area (Å²) in [6, 6.07) is 10.0. The van der Waals surface area contributed by atoms with E-state index in [1.807, 2.05) is 43.3 Å². The third-order valence-electron chi connectivity index (χ3n) is 1.61. The molecule has 0 saturated carbocycles. The average Bonchev–Trinajstić information content (AvgIpc) is 2.30. The van der Waals surface area contributed by atoms with Gasteiger partial charge in [0.1, 0.15) is 0 Å². The van der Waals surface area contributed by atoms with Crippen molar-refractivity contribution in [2.75, 3.05) is 0 Å². The van der Waals surface area contributed by atoms with Crippen LogP contribution >= 0.6 is 0 Å². The van der Waals surface area contributed by atoms with Crippen LogP contribution in [0.4, 0.5) is 0 Å². The number of carbonyl (C=O) groups excluding carboxylic acids is 1. The highest BCUT2D eigenvalue weighted by Gasteiger charge is 1.82. The highest BCUT2D eigenvalue weighted by Crippen LogP contribution is 1.97. The van der Waals surface area contributed by atoms with Crippen molar-refractivity contribution in [1.82, 2.24) is 0 Å². The van der Waals surface area contributed by atoms with Crippen LogP contribution in [0.5, 0.6) is 0 Å². The molecule has 0 spiro atoms. The first-order valence-electron chi connectivity index (χ1n) is 4.57. The van der Waals surface area contributed by atoms with E-state index in [-0.39, 0.29) is 5.78 Å². The zero-order chi connectivity index (χ0) is 10.8. The molecule has 1 heteroatoms. The normalized spacial score (nSPS) is 8.07. The van der Waals surface area contributed by atoms with Gasteiger partial charge in [0.15, 0.2) is 5.78 Å². The maximum atomic E-state index is 10.1. The fourth-order valence-corrected chi connectivity index (χ4v) is 0.733. The van der Waals surface area contributed by atoms with E-state index in [1.165, 1.54) is 11.6 Å². The lowest BCUT2D eigenvalue weighted by Gasteiger charge is -1.85. The van der Waals surface area contributed by atoms with E-state index in [4.69, 9.17) is 0 Å². The van der Waals surface area contributed by atoms with Gasteiger partial charge in [0, 0.05) is 6.42 Å². The molecule has 1 rings (SSSR count). The molecule has 0 saturated heterocycles. The minimum Gasteiger partial charge on any atom is -0.295 e.